The predicted molar refractivity (Wildman–Crippen MR) is 79.3 cm³/mol. The first-order chi connectivity index (χ1) is 9.48. The van der Waals surface area contributed by atoms with Gasteiger partial charge in [0.2, 0.25) is 0 Å². The average molecular weight is 288 g/mol. The van der Waals surface area contributed by atoms with Crippen LogP contribution in [0.1, 0.15) is 52.4 Å². The van der Waals surface area contributed by atoms with Crippen LogP contribution in [0.4, 0.5) is 8.78 Å². The first-order valence-electron chi connectivity index (χ1n) is 8.29. The minimum Gasteiger partial charge on any atom is -0.306 e. The maximum Gasteiger partial charge on any atom is 0.272 e. The fourth-order valence-corrected chi connectivity index (χ4v) is 3.98. The summed E-state index contributed by atoms with van der Waals surface area (Å²) in [4.78, 5) is 4.41. The molecule has 0 amide bonds. The van der Waals surface area contributed by atoms with Crippen LogP contribution >= 0.6 is 0 Å². The van der Waals surface area contributed by atoms with E-state index in [4.69, 9.17) is 0 Å². The van der Waals surface area contributed by atoms with Crippen LogP contribution < -0.4 is 0 Å². The third-order valence-corrected chi connectivity index (χ3v) is 5.45. The number of halogens is 2. The van der Waals surface area contributed by atoms with Crippen molar-refractivity contribution in [3.8, 4) is 0 Å². The van der Waals surface area contributed by atoms with E-state index in [1.165, 1.54) is 38.8 Å². The molecule has 0 unspecified atom stereocenters. The second kappa shape index (κ2) is 6.27. The number of piperidine rings is 1. The van der Waals surface area contributed by atoms with Crippen molar-refractivity contribution in [2.24, 2.45) is 5.41 Å². The second-order valence-electron chi connectivity index (χ2n) is 6.80. The summed E-state index contributed by atoms with van der Waals surface area (Å²) in [6, 6.07) is 0.440. The number of hydrogen-bond acceptors (Lipinski definition) is 2. The zero-order chi connectivity index (χ0) is 14.8. The fraction of sp³-hybridized carbons (Fsp3) is 1.00. The molecule has 20 heavy (non-hydrogen) atoms. The van der Waals surface area contributed by atoms with Gasteiger partial charge in [-0.15, -0.1) is 0 Å². The van der Waals surface area contributed by atoms with Crippen LogP contribution in [-0.4, -0.2) is 55.0 Å². The summed E-state index contributed by atoms with van der Waals surface area (Å²) < 4.78 is 25.8. The number of rotatable bonds is 1. The number of alkyl halides is 2. The normalized spacial score (nSPS) is 30.4. The third-order valence-electron chi connectivity index (χ3n) is 5.45. The molecular weight excluding hydrogens is 258 g/mol. The highest BCUT2D eigenvalue weighted by molar-refractivity contribution is 4.97. The van der Waals surface area contributed by atoms with E-state index in [0.717, 1.165) is 12.8 Å². The Bertz CT molecular complexity index is 294. The van der Waals surface area contributed by atoms with E-state index >= 15 is 0 Å². The SMILES string of the molecule is CC.CN1CCC2(CCC(N3CC(F)(F)C3)CC2)CC1. The Morgan fingerprint density at radius 1 is 0.900 bits per heavy atom. The summed E-state index contributed by atoms with van der Waals surface area (Å²) in [6.07, 6.45) is 7.42. The summed E-state index contributed by atoms with van der Waals surface area (Å²) in [5.74, 6) is -2.40. The molecule has 118 valence electrons. The van der Waals surface area contributed by atoms with Gasteiger partial charge in [-0.25, -0.2) is 8.78 Å². The van der Waals surface area contributed by atoms with Crippen molar-refractivity contribution in [3.63, 3.8) is 0 Å². The molecular formula is C16H30F2N2. The van der Waals surface area contributed by atoms with Gasteiger partial charge in [-0.05, 0) is 64.1 Å². The van der Waals surface area contributed by atoms with Crippen LogP contribution in [0.25, 0.3) is 0 Å². The molecule has 0 atom stereocenters. The molecule has 3 fully saturated rings. The van der Waals surface area contributed by atoms with Crippen LogP contribution in [0.5, 0.6) is 0 Å². The Kier molecular flexibility index (Phi) is 5.06. The van der Waals surface area contributed by atoms with Gasteiger partial charge < -0.3 is 4.90 Å². The lowest BCUT2D eigenvalue weighted by Crippen LogP contribution is -2.61. The lowest BCUT2D eigenvalue weighted by atomic mass is 9.66. The van der Waals surface area contributed by atoms with Gasteiger partial charge in [-0.1, -0.05) is 13.8 Å². The van der Waals surface area contributed by atoms with E-state index in [-0.39, 0.29) is 13.1 Å². The molecule has 0 aromatic heterocycles. The van der Waals surface area contributed by atoms with Gasteiger partial charge in [0.05, 0.1) is 13.1 Å². The number of hydrogen-bond donors (Lipinski definition) is 0. The summed E-state index contributed by atoms with van der Waals surface area (Å²) in [5, 5.41) is 0. The highest BCUT2D eigenvalue weighted by Crippen LogP contribution is 2.46. The second-order valence-corrected chi connectivity index (χ2v) is 6.80. The quantitative estimate of drug-likeness (QED) is 0.727. The van der Waals surface area contributed by atoms with E-state index in [9.17, 15) is 8.78 Å². The van der Waals surface area contributed by atoms with Crippen molar-refractivity contribution >= 4 is 0 Å². The fourth-order valence-electron chi connectivity index (χ4n) is 3.98. The zero-order valence-electron chi connectivity index (χ0n) is 13.3. The molecule has 1 saturated carbocycles. The first-order valence-corrected chi connectivity index (χ1v) is 8.29. The number of likely N-dealkylation sites (tertiary alicyclic amines) is 2. The van der Waals surface area contributed by atoms with Crippen molar-refractivity contribution < 1.29 is 8.78 Å². The Hall–Kier alpha value is -0.220. The van der Waals surface area contributed by atoms with E-state index in [0.29, 0.717) is 11.5 Å². The Labute approximate surface area is 122 Å². The van der Waals surface area contributed by atoms with Crippen LogP contribution in [0.2, 0.25) is 0 Å². The minimum atomic E-state index is -2.40. The van der Waals surface area contributed by atoms with Crippen LogP contribution in [0.15, 0.2) is 0 Å². The van der Waals surface area contributed by atoms with Gasteiger partial charge in [0.1, 0.15) is 0 Å². The van der Waals surface area contributed by atoms with E-state index in [2.05, 4.69) is 11.9 Å². The minimum absolute atomic E-state index is 0.00735. The van der Waals surface area contributed by atoms with Crippen molar-refractivity contribution in [2.75, 3.05) is 33.2 Å². The summed E-state index contributed by atoms with van der Waals surface area (Å²) in [7, 11) is 2.20. The molecule has 0 N–H and O–H groups in total. The summed E-state index contributed by atoms with van der Waals surface area (Å²) in [5.41, 5.74) is 0.552. The molecule has 2 nitrogen and oxygen atoms in total. The van der Waals surface area contributed by atoms with Crippen molar-refractivity contribution in [1.29, 1.82) is 0 Å². The first kappa shape index (κ1) is 16.2. The summed E-state index contributed by atoms with van der Waals surface area (Å²) >= 11 is 0. The van der Waals surface area contributed by atoms with E-state index < -0.39 is 5.92 Å². The molecule has 1 aliphatic carbocycles. The van der Waals surface area contributed by atoms with Gasteiger partial charge in [0, 0.05) is 6.04 Å². The molecule has 0 aromatic rings. The van der Waals surface area contributed by atoms with Crippen molar-refractivity contribution in [2.45, 2.75) is 64.3 Å². The number of nitrogens with zero attached hydrogens (tertiary/aromatic N) is 2. The van der Waals surface area contributed by atoms with Crippen LogP contribution in [-0.2, 0) is 0 Å². The highest BCUT2D eigenvalue weighted by atomic mass is 19.3. The summed E-state index contributed by atoms with van der Waals surface area (Å²) in [6.45, 7) is 6.44. The van der Waals surface area contributed by atoms with Gasteiger partial charge in [0.25, 0.3) is 5.92 Å². The smallest absolute Gasteiger partial charge is 0.272 e. The lowest BCUT2D eigenvalue weighted by Gasteiger charge is -2.50. The molecule has 4 heteroatoms. The molecule has 2 heterocycles. The topological polar surface area (TPSA) is 6.48 Å². The molecule has 0 bridgehead atoms. The third kappa shape index (κ3) is 3.51. The van der Waals surface area contributed by atoms with Crippen LogP contribution in [0.3, 0.4) is 0 Å². The van der Waals surface area contributed by atoms with Gasteiger partial charge in [-0.3, -0.25) is 4.90 Å². The molecule has 1 spiro atoms. The van der Waals surface area contributed by atoms with Crippen molar-refractivity contribution in [3.05, 3.63) is 0 Å². The molecule has 3 rings (SSSR count). The maximum atomic E-state index is 12.9. The Balaban J connectivity index is 0.000000704. The van der Waals surface area contributed by atoms with E-state index in [1.807, 2.05) is 18.7 Å². The molecule has 2 saturated heterocycles. The van der Waals surface area contributed by atoms with Gasteiger partial charge in [0.15, 0.2) is 0 Å². The lowest BCUT2D eigenvalue weighted by molar-refractivity contribution is -0.153. The largest absolute Gasteiger partial charge is 0.306 e. The van der Waals surface area contributed by atoms with Crippen molar-refractivity contribution in [1.82, 2.24) is 9.80 Å². The molecule has 0 aromatic carbocycles. The molecule has 2 aliphatic heterocycles. The molecule has 0 radical (unpaired) electrons. The van der Waals surface area contributed by atoms with Gasteiger partial charge >= 0.3 is 0 Å². The van der Waals surface area contributed by atoms with Gasteiger partial charge in [-0.2, -0.15) is 0 Å². The monoisotopic (exact) mass is 288 g/mol. The molecule has 3 aliphatic rings. The predicted octanol–water partition coefficient (Wildman–Crippen LogP) is 3.62. The Morgan fingerprint density at radius 3 is 1.85 bits per heavy atom. The highest BCUT2D eigenvalue weighted by Gasteiger charge is 2.48. The standard InChI is InChI=1S/C14H24F2N2.C2H6/c1-17-8-6-13(7-9-17)4-2-12(3-5-13)18-10-14(15,16)11-18;1-2/h12H,2-11H2,1H3;1-2H3. The zero-order valence-corrected chi connectivity index (χ0v) is 13.3. The van der Waals surface area contributed by atoms with Crippen LogP contribution in [0, 0.1) is 5.41 Å². The Morgan fingerprint density at radius 2 is 1.40 bits per heavy atom. The maximum absolute atomic E-state index is 12.9. The average Bonchev–Trinajstić information content (AvgIpc) is 2.43. The van der Waals surface area contributed by atoms with E-state index in [1.54, 1.807) is 0 Å².